The molecule has 0 aliphatic heterocycles. The number of hydrogen-bond donors (Lipinski definition) is 0. The molecule has 0 aliphatic carbocycles. The van der Waals surface area contributed by atoms with E-state index >= 15 is 0 Å². The lowest BCUT2D eigenvalue weighted by molar-refractivity contribution is -0.115. The highest BCUT2D eigenvalue weighted by molar-refractivity contribution is 7.99. The molecule has 8 heteroatoms. The van der Waals surface area contributed by atoms with Crippen LogP contribution >= 0.6 is 23.4 Å². The Bertz CT molecular complexity index is 1010. The molecule has 6 nitrogen and oxygen atoms in total. The van der Waals surface area contributed by atoms with Crippen LogP contribution in [0.15, 0.2) is 59.8 Å². The maximum atomic E-state index is 12.7. The van der Waals surface area contributed by atoms with Crippen molar-refractivity contribution in [3.8, 4) is 5.75 Å². The Labute approximate surface area is 192 Å². The van der Waals surface area contributed by atoms with Gasteiger partial charge in [0.15, 0.2) is 17.1 Å². The summed E-state index contributed by atoms with van der Waals surface area (Å²) < 4.78 is 8.08. The summed E-state index contributed by atoms with van der Waals surface area (Å²) in [5.74, 6) is 1.95. The standard InChI is InChI=1S/C23H27ClN4O2S/c1-16(2)14-28-22(17(3)30-20-13-9-8-12-19(20)24)25-26-23(28)31-15-21(29)27(4)18-10-6-5-7-11-18/h5-13,16-17H,14-15H2,1-4H3. The van der Waals surface area contributed by atoms with E-state index in [4.69, 9.17) is 16.3 Å². The molecule has 0 saturated carbocycles. The first-order chi connectivity index (χ1) is 14.9. The van der Waals surface area contributed by atoms with Crippen molar-refractivity contribution in [3.63, 3.8) is 0 Å². The number of anilines is 1. The second-order valence-electron chi connectivity index (χ2n) is 7.61. The lowest BCUT2D eigenvalue weighted by atomic mass is 10.2. The largest absolute Gasteiger partial charge is 0.481 e. The smallest absolute Gasteiger partial charge is 0.237 e. The van der Waals surface area contributed by atoms with Crippen LogP contribution in [0.1, 0.15) is 32.7 Å². The molecule has 1 heterocycles. The Morgan fingerprint density at radius 1 is 1.10 bits per heavy atom. The normalized spacial score (nSPS) is 12.1. The summed E-state index contributed by atoms with van der Waals surface area (Å²) in [6.45, 7) is 6.91. The van der Waals surface area contributed by atoms with E-state index in [1.54, 1.807) is 18.0 Å². The van der Waals surface area contributed by atoms with Gasteiger partial charge in [-0.2, -0.15) is 0 Å². The molecule has 0 fully saturated rings. The number of aromatic nitrogens is 3. The summed E-state index contributed by atoms with van der Waals surface area (Å²) in [6, 6.07) is 16.9. The minimum Gasteiger partial charge on any atom is -0.481 e. The molecule has 0 aliphatic rings. The third-order valence-electron chi connectivity index (χ3n) is 4.64. The van der Waals surface area contributed by atoms with E-state index < -0.39 is 0 Å². The topological polar surface area (TPSA) is 60.2 Å². The number of rotatable bonds is 9. The SMILES string of the molecule is CC(C)Cn1c(SCC(=O)N(C)c2ccccc2)nnc1C(C)Oc1ccccc1Cl. The summed E-state index contributed by atoms with van der Waals surface area (Å²) in [4.78, 5) is 14.3. The van der Waals surface area contributed by atoms with Gasteiger partial charge in [-0.3, -0.25) is 4.79 Å². The highest BCUT2D eigenvalue weighted by Gasteiger charge is 2.22. The van der Waals surface area contributed by atoms with Gasteiger partial charge in [0.1, 0.15) is 5.75 Å². The quantitative estimate of drug-likeness (QED) is 0.397. The van der Waals surface area contributed by atoms with Crippen molar-refractivity contribution in [2.75, 3.05) is 17.7 Å². The van der Waals surface area contributed by atoms with Crippen molar-refractivity contribution in [1.29, 1.82) is 0 Å². The van der Waals surface area contributed by atoms with Crippen LogP contribution in [0.4, 0.5) is 5.69 Å². The number of halogens is 1. The summed E-state index contributed by atoms with van der Waals surface area (Å²) in [5, 5.41) is 9.98. The maximum Gasteiger partial charge on any atom is 0.237 e. The zero-order valence-corrected chi connectivity index (χ0v) is 19.7. The van der Waals surface area contributed by atoms with Crippen LogP contribution in [0.5, 0.6) is 5.75 Å². The molecular formula is C23H27ClN4O2S. The molecule has 0 spiro atoms. The van der Waals surface area contributed by atoms with Gasteiger partial charge in [-0.25, -0.2) is 0 Å². The minimum absolute atomic E-state index is 0.00258. The summed E-state index contributed by atoms with van der Waals surface area (Å²) in [6.07, 6.45) is -0.344. The number of nitrogens with zero attached hydrogens (tertiary/aromatic N) is 4. The zero-order valence-electron chi connectivity index (χ0n) is 18.2. The molecule has 0 radical (unpaired) electrons. The van der Waals surface area contributed by atoms with Crippen molar-refractivity contribution in [1.82, 2.24) is 14.8 Å². The molecule has 0 N–H and O–H groups in total. The Morgan fingerprint density at radius 3 is 2.45 bits per heavy atom. The number of hydrogen-bond acceptors (Lipinski definition) is 5. The first-order valence-corrected chi connectivity index (χ1v) is 11.5. The average Bonchev–Trinajstić information content (AvgIpc) is 3.15. The monoisotopic (exact) mass is 458 g/mol. The van der Waals surface area contributed by atoms with Crippen LogP contribution in [-0.2, 0) is 11.3 Å². The number of thioether (sulfide) groups is 1. The number of para-hydroxylation sites is 2. The van der Waals surface area contributed by atoms with Gasteiger partial charge in [0.05, 0.1) is 10.8 Å². The van der Waals surface area contributed by atoms with E-state index in [0.717, 1.165) is 12.2 Å². The molecule has 31 heavy (non-hydrogen) atoms. The Hall–Kier alpha value is -2.51. The molecule has 1 aromatic heterocycles. The molecule has 2 aromatic carbocycles. The number of benzene rings is 2. The van der Waals surface area contributed by atoms with Gasteiger partial charge in [-0.15, -0.1) is 10.2 Å². The molecule has 1 unspecified atom stereocenters. The molecule has 1 amide bonds. The molecule has 3 aromatic rings. The third kappa shape index (κ3) is 6.02. The number of carbonyl (C=O) groups excluding carboxylic acids is 1. The third-order valence-corrected chi connectivity index (χ3v) is 5.90. The van der Waals surface area contributed by atoms with Gasteiger partial charge in [-0.1, -0.05) is 67.5 Å². The van der Waals surface area contributed by atoms with Gasteiger partial charge >= 0.3 is 0 Å². The van der Waals surface area contributed by atoms with Crippen LogP contribution in [0.2, 0.25) is 5.02 Å². The van der Waals surface area contributed by atoms with Crippen molar-refractivity contribution < 1.29 is 9.53 Å². The van der Waals surface area contributed by atoms with Crippen molar-refractivity contribution in [2.45, 2.75) is 38.6 Å². The van der Waals surface area contributed by atoms with Crippen molar-refractivity contribution >= 4 is 35.0 Å². The van der Waals surface area contributed by atoms with Gasteiger partial charge in [0.25, 0.3) is 0 Å². The second kappa shape index (κ2) is 10.7. The molecule has 164 valence electrons. The second-order valence-corrected chi connectivity index (χ2v) is 8.96. The average molecular weight is 459 g/mol. The lowest BCUT2D eigenvalue weighted by Gasteiger charge is -2.19. The van der Waals surface area contributed by atoms with Crippen molar-refractivity contribution in [3.05, 3.63) is 65.4 Å². The van der Waals surface area contributed by atoms with Crippen LogP contribution < -0.4 is 9.64 Å². The van der Waals surface area contributed by atoms with E-state index in [1.165, 1.54) is 11.8 Å². The predicted octanol–water partition coefficient (Wildman–Crippen LogP) is 5.48. The highest BCUT2D eigenvalue weighted by Crippen LogP contribution is 2.30. The number of ether oxygens (including phenoxy) is 1. The molecule has 3 rings (SSSR count). The van der Waals surface area contributed by atoms with Crippen LogP contribution in [0.25, 0.3) is 0 Å². The minimum atomic E-state index is -0.344. The van der Waals surface area contributed by atoms with E-state index in [1.807, 2.05) is 60.0 Å². The molecule has 0 saturated heterocycles. The highest BCUT2D eigenvalue weighted by atomic mass is 35.5. The summed E-state index contributed by atoms with van der Waals surface area (Å²) in [7, 11) is 1.78. The van der Waals surface area contributed by atoms with Gasteiger partial charge in [0.2, 0.25) is 5.91 Å². The Balaban J connectivity index is 1.74. The van der Waals surface area contributed by atoms with Gasteiger partial charge < -0.3 is 14.2 Å². The fraction of sp³-hybridized carbons (Fsp3) is 0.348. The number of amides is 1. The van der Waals surface area contributed by atoms with Gasteiger partial charge in [-0.05, 0) is 37.1 Å². The van der Waals surface area contributed by atoms with Crippen molar-refractivity contribution in [2.24, 2.45) is 5.92 Å². The van der Waals surface area contributed by atoms with E-state index in [-0.39, 0.29) is 17.8 Å². The Kier molecular flexibility index (Phi) is 7.98. The van der Waals surface area contributed by atoms with E-state index in [0.29, 0.717) is 27.7 Å². The fourth-order valence-corrected chi connectivity index (χ4v) is 4.10. The Morgan fingerprint density at radius 2 is 1.77 bits per heavy atom. The first-order valence-electron chi connectivity index (χ1n) is 10.2. The van der Waals surface area contributed by atoms with E-state index in [2.05, 4.69) is 24.0 Å². The molecule has 1 atom stereocenters. The zero-order chi connectivity index (χ0) is 22.4. The number of carbonyl (C=O) groups is 1. The molecule has 0 bridgehead atoms. The summed E-state index contributed by atoms with van der Waals surface area (Å²) >= 11 is 7.62. The summed E-state index contributed by atoms with van der Waals surface area (Å²) in [5.41, 5.74) is 0.860. The predicted molar refractivity (Wildman–Crippen MR) is 126 cm³/mol. The van der Waals surface area contributed by atoms with Crippen LogP contribution in [-0.4, -0.2) is 33.5 Å². The van der Waals surface area contributed by atoms with Crippen LogP contribution in [0, 0.1) is 5.92 Å². The van der Waals surface area contributed by atoms with E-state index in [9.17, 15) is 4.79 Å². The van der Waals surface area contributed by atoms with Gasteiger partial charge in [0, 0.05) is 19.3 Å². The maximum absolute atomic E-state index is 12.7. The van der Waals surface area contributed by atoms with Crippen LogP contribution in [0.3, 0.4) is 0 Å². The molecular weight excluding hydrogens is 432 g/mol. The first kappa shape index (κ1) is 23.2. The fourth-order valence-electron chi connectivity index (χ4n) is 3.05. The lowest BCUT2D eigenvalue weighted by Crippen LogP contribution is -2.28.